The van der Waals surface area contributed by atoms with Gasteiger partial charge in [0, 0.05) is 32.4 Å². The number of amides is 1. The molecule has 6 heteroatoms. The predicted molar refractivity (Wildman–Crippen MR) is 84.9 cm³/mol. The molecule has 2 saturated heterocycles. The minimum atomic E-state index is 0.000149. The second-order valence-electron chi connectivity index (χ2n) is 6.11. The standard InChI is InChI=1S/C17H20N4O2/c22-17(14-6-7-18-19-14)21-11-15-16(12-21)23-9-8-20(15)10-13-4-2-1-3-5-13/h1-7,15-16H,8-12H2,(H,18,19)/t15-,16-/m0/s1. The fourth-order valence-corrected chi connectivity index (χ4v) is 3.48. The van der Waals surface area contributed by atoms with Crippen LogP contribution in [0.4, 0.5) is 0 Å². The van der Waals surface area contributed by atoms with Gasteiger partial charge in [-0.2, -0.15) is 5.10 Å². The van der Waals surface area contributed by atoms with Crippen LogP contribution in [0.15, 0.2) is 42.6 Å². The number of hydrogen-bond donors (Lipinski definition) is 1. The monoisotopic (exact) mass is 312 g/mol. The highest BCUT2D eigenvalue weighted by Crippen LogP contribution is 2.25. The van der Waals surface area contributed by atoms with Crippen molar-refractivity contribution in [3.8, 4) is 0 Å². The van der Waals surface area contributed by atoms with Gasteiger partial charge >= 0.3 is 0 Å². The molecule has 1 aromatic heterocycles. The summed E-state index contributed by atoms with van der Waals surface area (Å²) in [7, 11) is 0. The highest BCUT2D eigenvalue weighted by Gasteiger charge is 2.42. The summed E-state index contributed by atoms with van der Waals surface area (Å²) in [6.45, 7) is 3.88. The highest BCUT2D eigenvalue weighted by atomic mass is 16.5. The minimum absolute atomic E-state index is 0.000149. The first kappa shape index (κ1) is 14.4. The number of H-pyrrole nitrogens is 1. The van der Waals surface area contributed by atoms with Crippen molar-refractivity contribution in [2.24, 2.45) is 0 Å². The molecule has 1 N–H and O–H groups in total. The molecule has 0 spiro atoms. The van der Waals surface area contributed by atoms with Crippen molar-refractivity contribution in [3.63, 3.8) is 0 Å². The Kier molecular flexibility index (Phi) is 3.85. The molecule has 2 fully saturated rings. The molecule has 2 atom stereocenters. The van der Waals surface area contributed by atoms with Crippen LogP contribution >= 0.6 is 0 Å². The Morgan fingerprint density at radius 3 is 2.91 bits per heavy atom. The van der Waals surface area contributed by atoms with Gasteiger partial charge in [-0.15, -0.1) is 0 Å². The zero-order valence-electron chi connectivity index (χ0n) is 12.9. The summed E-state index contributed by atoms with van der Waals surface area (Å²) in [5, 5.41) is 6.61. The topological polar surface area (TPSA) is 61.5 Å². The van der Waals surface area contributed by atoms with Gasteiger partial charge in [-0.25, -0.2) is 0 Å². The van der Waals surface area contributed by atoms with Gasteiger partial charge in [-0.1, -0.05) is 30.3 Å². The molecule has 120 valence electrons. The van der Waals surface area contributed by atoms with Crippen LogP contribution in [0.1, 0.15) is 16.1 Å². The largest absolute Gasteiger partial charge is 0.373 e. The summed E-state index contributed by atoms with van der Waals surface area (Å²) in [6.07, 6.45) is 1.70. The zero-order chi connectivity index (χ0) is 15.6. The normalized spacial score (nSPS) is 24.6. The van der Waals surface area contributed by atoms with E-state index in [1.807, 2.05) is 11.0 Å². The lowest BCUT2D eigenvalue weighted by Gasteiger charge is -2.36. The van der Waals surface area contributed by atoms with Crippen molar-refractivity contribution in [2.75, 3.05) is 26.2 Å². The number of benzene rings is 1. The highest BCUT2D eigenvalue weighted by molar-refractivity contribution is 5.92. The molecule has 0 saturated carbocycles. The fraction of sp³-hybridized carbons (Fsp3) is 0.412. The SMILES string of the molecule is O=C(c1ccn[nH]1)N1C[C@@H]2OCCN(Cc3ccccc3)[C@H]2C1. The van der Waals surface area contributed by atoms with E-state index in [2.05, 4.69) is 39.4 Å². The number of carbonyl (C=O) groups is 1. The number of nitrogens with zero attached hydrogens (tertiary/aromatic N) is 3. The first-order chi connectivity index (χ1) is 11.3. The van der Waals surface area contributed by atoms with Crippen molar-refractivity contribution in [1.29, 1.82) is 0 Å². The quantitative estimate of drug-likeness (QED) is 0.923. The number of hydrogen-bond acceptors (Lipinski definition) is 4. The van der Waals surface area contributed by atoms with Crippen LogP contribution in [0.5, 0.6) is 0 Å². The molecule has 1 aromatic carbocycles. The molecule has 6 nitrogen and oxygen atoms in total. The number of nitrogens with one attached hydrogen (secondary N) is 1. The third-order valence-electron chi connectivity index (χ3n) is 4.66. The zero-order valence-corrected chi connectivity index (χ0v) is 12.9. The van der Waals surface area contributed by atoms with Crippen LogP contribution in [-0.2, 0) is 11.3 Å². The Labute approximate surface area is 135 Å². The van der Waals surface area contributed by atoms with Gasteiger partial charge in [0.1, 0.15) is 5.69 Å². The number of fused-ring (bicyclic) bond motifs is 1. The van der Waals surface area contributed by atoms with Gasteiger partial charge in [0.25, 0.3) is 5.91 Å². The Bertz CT molecular complexity index is 658. The van der Waals surface area contributed by atoms with E-state index >= 15 is 0 Å². The number of aromatic nitrogens is 2. The summed E-state index contributed by atoms with van der Waals surface area (Å²) in [5.41, 5.74) is 1.84. The average molecular weight is 312 g/mol. The summed E-state index contributed by atoms with van der Waals surface area (Å²) in [4.78, 5) is 16.8. The van der Waals surface area contributed by atoms with Gasteiger partial charge in [0.15, 0.2) is 0 Å². The summed E-state index contributed by atoms with van der Waals surface area (Å²) < 4.78 is 5.91. The lowest BCUT2D eigenvalue weighted by Crippen LogP contribution is -2.50. The van der Waals surface area contributed by atoms with E-state index in [-0.39, 0.29) is 18.1 Å². The maximum absolute atomic E-state index is 12.5. The van der Waals surface area contributed by atoms with E-state index in [4.69, 9.17) is 4.74 Å². The summed E-state index contributed by atoms with van der Waals surface area (Å²) >= 11 is 0. The number of morpholine rings is 1. The molecule has 2 aliphatic heterocycles. The molecule has 0 radical (unpaired) electrons. The molecule has 0 unspecified atom stereocenters. The maximum atomic E-state index is 12.5. The van der Waals surface area contributed by atoms with Crippen molar-refractivity contribution in [1.82, 2.24) is 20.0 Å². The number of ether oxygens (including phenoxy) is 1. The first-order valence-corrected chi connectivity index (χ1v) is 7.99. The fourth-order valence-electron chi connectivity index (χ4n) is 3.48. The van der Waals surface area contributed by atoms with Crippen LogP contribution in [-0.4, -0.2) is 64.3 Å². The Morgan fingerprint density at radius 2 is 2.13 bits per heavy atom. The minimum Gasteiger partial charge on any atom is -0.373 e. The number of rotatable bonds is 3. The Balaban J connectivity index is 1.47. The van der Waals surface area contributed by atoms with E-state index in [0.29, 0.717) is 18.8 Å². The molecule has 2 aromatic rings. The van der Waals surface area contributed by atoms with E-state index < -0.39 is 0 Å². The van der Waals surface area contributed by atoms with Gasteiger partial charge in [0.05, 0.1) is 18.8 Å². The van der Waals surface area contributed by atoms with Crippen LogP contribution < -0.4 is 0 Å². The van der Waals surface area contributed by atoms with Gasteiger partial charge in [0.2, 0.25) is 0 Å². The van der Waals surface area contributed by atoms with Crippen LogP contribution in [0.2, 0.25) is 0 Å². The number of aromatic amines is 1. The second kappa shape index (κ2) is 6.14. The van der Waals surface area contributed by atoms with Gasteiger partial charge in [-0.3, -0.25) is 14.8 Å². The van der Waals surface area contributed by atoms with E-state index in [9.17, 15) is 4.79 Å². The van der Waals surface area contributed by atoms with Crippen molar-refractivity contribution < 1.29 is 9.53 Å². The lowest BCUT2D eigenvalue weighted by atomic mass is 10.1. The molecule has 0 aliphatic carbocycles. The maximum Gasteiger partial charge on any atom is 0.272 e. The van der Waals surface area contributed by atoms with Crippen LogP contribution in [0, 0.1) is 0 Å². The van der Waals surface area contributed by atoms with Crippen molar-refractivity contribution >= 4 is 5.91 Å². The summed E-state index contributed by atoms with van der Waals surface area (Å²) in [5.74, 6) is 0.000149. The van der Waals surface area contributed by atoms with Crippen LogP contribution in [0.25, 0.3) is 0 Å². The van der Waals surface area contributed by atoms with Gasteiger partial charge in [-0.05, 0) is 11.6 Å². The van der Waals surface area contributed by atoms with Crippen LogP contribution in [0.3, 0.4) is 0 Å². The molecule has 2 aliphatic rings. The van der Waals surface area contributed by atoms with Crippen molar-refractivity contribution in [2.45, 2.75) is 18.7 Å². The Morgan fingerprint density at radius 1 is 1.26 bits per heavy atom. The predicted octanol–water partition coefficient (Wildman–Crippen LogP) is 1.14. The smallest absolute Gasteiger partial charge is 0.272 e. The molecule has 3 heterocycles. The van der Waals surface area contributed by atoms with E-state index in [0.717, 1.165) is 19.7 Å². The molecular formula is C17H20N4O2. The molecular weight excluding hydrogens is 292 g/mol. The third-order valence-corrected chi connectivity index (χ3v) is 4.66. The molecule has 4 rings (SSSR count). The second-order valence-corrected chi connectivity index (χ2v) is 6.11. The summed E-state index contributed by atoms with van der Waals surface area (Å²) in [6, 6.07) is 12.4. The molecule has 0 bridgehead atoms. The van der Waals surface area contributed by atoms with E-state index in [1.54, 1.807) is 12.3 Å². The van der Waals surface area contributed by atoms with Gasteiger partial charge < -0.3 is 9.64 Å². The third kappa shape index (κ3) is 2.87. The Hall–Kier alpha value is -2.18. The molecule has 23 heavy (non-hydrogen) atoms. The average Bonchev–Trinajstić information content (AvgIpc) is 3.25. The van der Waals surface area contributed by atoms with Crippen molar-refractivity contribution in [3.05, 3.63) is 53.9 Å². The number of likely N-dealkylation sites (tertiary alicyclic amines) is 1. The lowest BCUT2D eigenvalue weighted by molar-refractivity contribution is -0.0503. The van der Waals surface area contributed by atoms with E-state index in [1.165, 1.54) is 5.56 Å². The number of carbonyl (C=O) groups excluding carboxylic acids is 1. The first-order valence-electron chi connectivity index (χ1n) is 7.99. The molecule has 1 amide bonds.